The van der Waals surface area contributed by atoms with Gasteiger partial charge in [0.2, 0.25) is 0 Å². The summed E-state index contributed by atoms with van der Waals surface area (Å²) < 4.78 is 14.5. The standard InChI is InChI=1S/C21H22ClFN4O2/c1-2-27-20(28)16-5-3-14(11-18(16)24-21(27)29)13-25-7-9-26(10-8-25)19-6-4-15(23)12-17(19)22/h3-6,11-12H,2,7-10,13H2,1H3,(H,24,29). The molecule has 4 rings (SSSR count). The van der Waals surface area contributed by atoms with Crippen LogP contribution < -0.4 is 16.1 Å². The third-order valence-corrected chi connectivity index (χ3v) is 5.69. The number of aromatic nitrogens is 2. The number of halogens is 2. The van der Waals surface area contributed by atoms with E-state index in [2.05, 4.69) is 14.8 Å². The lowest BCUT2D eigenvalue weighted by Crippen LogP contribution is -2.46. The number of hydrogen-bond donors (Lipinski definition) is 1. The van der Waals surface area contributed by atoms with Crippen LogP contribution in [0.15, 0.2) is 46.0 Å². The van der Waals surface area contributed by atoms with Crippen LogP contribution in [0.25, 0.3) is 10.9 Å². The molecule has 2 aromatic carbocycles. The maximum Gasteiger partial charge on any atom is 0.328 e. The van der Waals surface area contributed by atoms with Crippen LogP contribution in [0.3, 0.4) is 0 Å². The molecule has 1 aliphatic heterocycles. The number of hydrogen-bond acceptors (Lipinski definition) is 4. The van der Waals surface area contributed by atoms with E-state index in [1.807, 2.05) is 12.1 Å². The van der Waals surface area contributed by atoms with Crippen molar-refractivity contribution >= 4 is 28.2 Å². The Balaban J connectivity index is 1.47. The van der Waals surface area contributed by atoms with Gasteiger partial charge in [0.15, 0.2) is 0 Å². The van der Waals surface area contributed by atoms with Gasteiger partial charge in [-0.25, -0.2) is 9.18 Å². The summed E-state index contributed by atoms with van der Waals surface area (Å²) in [5.41, 5.74) is 1.81. The fourth-order valence-electron chi connectivity index (χ4n) is 3.83. The maximum atomic E-state index is 13.3. The molecule has 0 spiro atoms. The average molecular weight is 417 g/mol. The number of aromatic amines is 1. The third-order valence-electron chi connectivity index (χ3n) is 5.39. The van der Waals surface area contributed by atoms with Crippen molar-refractivity contribution in [1.82, 2.24) is 14.5 Å². The molecule has 0 aliphatic carbocycles. The van der Waals surface area contributed by atoms with Crippen LogP contribution in [0.2, 0.25) is 5.02 Å². The molecule has 0 amide bonds. The highest BCUT2D eigenvalue weighted by atomic mass is 35.5. The number of fused-ring (bicyclic) bond motifs is 1. The average Bonchev–Trinajstić information content (AvgIpc) is 2.69. The Morgan fingerprint density at radius 3 is 2.52 bits per heavy atom. The molecule has 6 nitrogen and oxygen atoms in total. The fourth-order valence-corrected chi connectivity index (χ4v) is 4.12. The zero-order chi connectivity index (χ0) is 20.5. The summed E-state index contributed by atoms with van der Waals surface area (Å²) in [5.74, 6) is -0.336. The Kier molecular flexibility index (Phi) is 5.43. The lowest BCUT2D eigenvalue weighted by atomic mass is 10.1. The topological polar surface area (TPSA) is 61.3 Å². The molecule has 29 heavy (non-hydrogen) atoms. The summed E-state index contributed by atoms with van der Waals surface area (Å²) in [6.07, 6.45) is 0. The second kappa shape index (κ2) is 8.00. The summed E-state index contributed by atoms with van der Waals surface area (Å²) in [5, 5.41) is 0.945. The van der Waals surface area contributed by atoms with Crippen LogP contribution >= 0.6 is 11.6 Å². The van der Waals surface area contributed by atoms with Gasteiger partial charge in [0.1, 0.15) is 5.82 Å². The predicted molar refractivity (Wildman–Crippen MR) is 113 cm³/mol. The second-order valence-electron chi connectivity index (χ2n) is 7.22. The summed E-state index contributed by atoms with van der Waals surface area (Å²) >= 11 is 6.18. The minimum absolute atomic E-state index is 0.261. The normalized spacial score (nSPS) is 15.2. The first-order valence-electron chi connectivity index (χ1n) is 9.64. The van der Waals surface area contributed by atoms with Crippen LogP contribution in [0.5, 0.6) is 0 Å². The zero-order valence-corrected chi connectivity index (χ0v) is 16.9. The van der Waals surface area contributed by atoms with Crippen LogP contribution in [0.1, 0.15) is 12.5 Å². The van der Waals surface area contributed by atoms with E-state index in [-0.39, 0.29) is 17.1 Å². The van der Waals surface area contributed by atoms with E-state index in [1.165, 1.54) is 16.7 Å². The molecule has 3 aromatic rings. The molecule has 8 heteroatoms. The molecule has 2 heterocycles. The van der Waals surface area contributed by atoms with E-state index in [9.17, 15) is 14.0 Å². The first-order chi connectivity index (χ1) is 14.0. The van der Waals surface area contributed by atoms with Crippen molar-refractivity contribution in [3.63, 3.8) is 0 Å². The Morgan fingerprint density at radius 2 is 1.83 bits per heavy atom. The van der Waals surface area contributed by atoms with Crippen LogP contribution in [-0.2, 0) is 13.1 Å². The van der Waals surface area contributed by atoms with E-state index in [0.29, 0.717) is 22.5 Å². The van der Waals surface area contributed by atoms with Gasteiger partial charge < -0.3 is 9.88 Å². The molecule has 0 saturated carbocycles. The molecule has 0 unspecified atom stereocenters. The SMILES string of the molecule is CCn1c(=O)[nH]c2cc(CN3CCN(c4ccc(F)cc4Cl)CC3)ccc2c1=O. The van der Waals surface area contributed by atoms with E-state index in [1.54, 1.807) is 19.1 Å². The highest BCUT2D eigenvalue weighted by Crippen LogP contribution is 2.27. The third kappa shape index (κ3) is 3.93. The summed E-state index contributed by atoms with van der Waals surface area (Å²) in [6, 6.07) is 10.1. The quantitative estimate of drug-likeness (QED) is 0.710. The molecule has 1 aliphatic rings. The van der Waals surface area contributed by atoms with Crippen LogP contribution in [-0.4, -0.2) is 40.6 Å². The van der Waals surface area contributed by atoms with Gasteiger partial charge in [-0.05, 0) is 42.8 Å². The van der Waals surface area contributed by atoms with Gasteiger partial charge in [0, 0.05) is 39.3 Å². The smallest absolute Gasteiger partial charge is 0.328 e. The molecule has 152 valence electrons. The van der Waals surface area contributed by atoms with E-state index in [0.717, 1.165) is 44.0 Å². The molecule has 1 saturated heterocycles. The highest BCUT2D eigenvalue weighted by Gasteiger charge is 2.19. The van der Waals surface area contributed by atoms with E-state index < -0.39 is 0 Å². The monoisotopic (exact) mass is 416 g/mol. The van der Waals surface area contributed by atoms with Gasteiger partial charge in [-0.2, -0.15) is 0 Å². The highest BCUT2D eigenvalue weighted by molar-refractivity contribution is 6.33. The van der Waals surface area contributed by atoms with Gasteiger partial charge in [0.05, 0.1) is 21.6 Å². The number of benzene rings is 2. The van der Waals surface area contributed by atoms with Crippen molar-refractivity contribution in [3.8, 4) is 0 Å². The number of piperazine rings is 1. The first kappa shape index (κ1) is 19.7. The van der Waals surface area contributed by atoms with Crippen molar-refractivity contribution in [1.29, 1.82) is 0 Å². The minimum atomic E-state index is -0.382. The number of rotatable bonds is 4. The molecular weight excluding hydrogens is 395 g/mol. The first-order valence-corrected chi connectivity index (χ1v) is 10.0. The second-order valence-corrected chi connectivity index (χ2v) is 7.63. The molecule has 0 bridgehead atoms. The molecule has 1 fully saturated rings. The number of H-pyrrole nitrogens is 1. The number of nitrogens with one attached hydrogen (secondary N) is 1. The Labute approximate surface area is 172 Å². The lowest BCUT2D eigenvalue weighted by Gasteiger charge is -2.36. The summed E-state index contributed by atoms with van der Waals surface area (Å²) in [7, 11) is 0. The Morgan fingerprint density at radius 1 is 1.07 bits per heavy atom. The van der Waals surface area contributed by atoms with Crippen LogP contribution in [0, 0.1) is 5.82 Å². The van der Waals surface area contributed by atoms with Crippen molar-refractivity contribution < 1.29 is 4.39 Å². The molecule has 0 radical (unpaired) electrons. The van der Waals surface area contributed by atoms with Crippen LogP contribution in [0.4, 0.5) is 10.1 Å². The Bertz CT molecular complexity index is 1170. The molecule has 1 aromatic heterocycles. The van der Waals surface area contributed by atoms with Gasteiger partial charge >= 0.3 is 5.69 Å². The number of anilines is 1. The van der Waals surface area contributed by atoms with Gasteiger partial charge in [-0.1, -0.05) is 17.7 Å². The maximum absolute atomic E-state index is 13.3. The largest absolute Gasteiger partial charge is 0.368 e. The van der Waals surface area contributed by atoms with Crippen molar-refractivity contribution in [2.75, 3.05) is 31.1 Å². The summed E-state index contributed by atoms with van der Waals surface area (Å²) in [6.45, 7) is 6.08. The van der Waals surface area contributed by atoms with E-state index in [4.69, 9.17) is 11.6 Å². The lowest BCUT2D eigenvalue weighted by molar-refractivity contribution is 0.250. The Hall–Kier alpha value is -2.64. The van der Waals surface area contributed by atoms with Gasteiger partial charge in [-0.15, -0.1) is 0 Å². The predicted octanol–water partition coefficient (Wildman–Crippen LogP) is 2.82. The van der Waals surface area contributed by atoms with Crippen molar-refractivity contribution in [2.24, 2.45) is 0 Å². The minimum Gasteiger partial charge on any atom is -0.368 e. The van der Waals surface area contributed by atoms with Crippen molar-refractivity contribution in [3.05, 3.63) is 73.6 Å². The molecule has 1 N–H and O–H groups in total. The molecular formula is C21H22ClFN4O2. The summed E-state index contributed by atoms with van der Waals surface area (Å²) in [4.78, 5) is 31.7. The van der Waals surface area contributed by atoms with Gasteiger partial charge in [0.25, 0.3) is 5.56 Å². The van der Waals surface area contributed by atoms with E-state index >= 15 is 0 Å². The van der Waals surface area contributed by atoms with Gasteiger partial charge in [-0.3, -0.25) is 14.3 Å². The van der Waals surface area contributed by atoms with Crippen molar-refractivity contribution in [2.45, 2.75) is 20.0 Å². The zero-order valence-electron chi connectivity index (χ0n) is 16.1. The number of nitrogens with zero attached hydrogens (tertiary/aromatic N) is 3. The molecule has 0 atom stereocenters. The fraction of sp³-hybridized carbons (Fsp3) is 0.333.